The van der Waals surface area contributed by atoms with Crippen molar-refractivity contribution in [1.82, 2.24) is 29.7 Å². The molecule has 0 spiro atoms. The van der Waals surface area contributed by atoms with E-state index >= 15 is 0 Å². The van der Waals surface area contributed by atoms with Gasteiger partial charge in [-0.15, -0.1) is 0 Å². The number of hydrogen-bond donors (Lipinski definition) is 0. The highest BCUT2D eigenvalue weighted by molar-refractivity contribution is 5.92. The number of piperazine rings is 1. The first-order valence-electron chi connectivity index (χ1n) is 10.6. The van der Waals surface area contributed by atoms with Crippen LogP contribution in [0.1, 0.15) is 22.8 Å². The molecule has 0 bridgehead atoms. The van der Waals surface area contributed by atoms with Gasteiger partial charge in [0.1, 0.15) is 5.75 Å². The van der Waals surface area contributed by atoms with Crippen LogP contribution in [0.4, 0.5) is 0 Å². The fraction of sp³-hybridized carbons (Fsp3) is 0.391. The zero-order chi connectivity index (χ0) is 22.7. The molecule has 3 aromatic rings. The minimum atomic E-state index is 0.0203. The third kappa shape index (κ3) is 4.72. The standard InChI is InChI=1S/C23H28N6O3/c1-16-20(17(2)27(3)25-16)9-10-22(30)29-13-11-28(12-14-29)15-21-24-23(26-32-21)18-5-7-19(31-4)8-6-18/h5-10H,11-15H2,1-4H3/b10-9+. The van der Waals surface area contributed by atoms with Gasteiger partial charge in [-0.2, -0.15) is 10.1 Å². The van der Waals surface area contributed by atoms with E-state index in [2.05, 4.69) is 20.1 Å². The quantitative estimate of drug-likeness (QED) is 0.548. The summed E-state index contributed by atoms with van der Waals surface area (Å²) in [5.41, 5.74) is 3.85. The number of carbonyl (C=O) groups is 1. The summed E-state index contributed by atoms with van der Waals surface area (Å²) < 4.78 is 12.4. The summed E-state index contributed by atoms with van der Waals surface area (Å²) in [6.07, 6.45) is 3.51. The van der Waals surface area contributed by atoms with Crippen molar-refractivity contribution in [1.29, 1.82) is 0 Å². The number of rotatable bonds is 6. The Morgan fingerprint density at radius 2 is 1.88 bits per heavy atom. The highest BCUT2D eigenvalue weighted by Crippen LogP contribution is 2.20. The van der Waals surface area contributed by atoms with Crippen molar-refractivity contribution in [2.45, 2.75) is 20.4 Å². The Kier molecular flexibility index (Phi) is 6.36. The monoisotopic (exact) mass is 436 g/mol. The van der Waals surface area contributed by atoms with Crippen LogP contribution in [0.25, 0.3) is 17.5 Å². The molecule has 3 heterocycles. The fourth-order valence-electron chi connectivity index (χ4n) is 3.79. The molecule has 1 aliphatic rings. The largest absolute Gasteiger partial charge is 0.497 e. The van der Waals surface area contributed by atoms with Gasteiger partial charge in [-0.1, -0.05) is 5.16 Å². The molecule has 1 amide bonds. The molecule has 1 aromatic carbocycles. The first-order valence-corrected chi connectivity index (χ1v) is 10.6. The molecule has 9 heteroatoms. The minimum Gasteiger partial charge on any atom is -0.497 e. The predicted octanol–water partition coefficient (Wildman–Crippen LogP) is 2.45. The molecule has 1 saturated heterocycles. The van der Waals surface area contributed by atoms with Crippen LogP contribution in [-0.2, 0) is 18.4 Å². The van der Waals surface area contributed by atoms with E-state index in [4.69, 9.17) is 9.26 Å². The molecule has 4 rings (SSSR count). The van der Waals surface area contributed by atoms with Crippen LogP contribution in [-0.4, -0.2) is 68.9 Å². The minimum absolute atomic E-state index is 0.0203. The molecule has 32 heavy (non-hydrogen) atoms. The Morgan fingerprint density at radius 3 is 2.50 bits per heavy atom. The van der Waals surface area contributed by atoms with Gasteiger partial charge in [-0.3, -0.25) is 14.4 Å². The molecule has 0 N–H and O–H groups in total. The van der Waals surface area contributed by atoms with E-state index < -0.39 is 0 Å². The molecule has 1 fully saturated rings. The number of nitrogens with zero attached hydrogens (tertiary/aromatic N) is 6. The summed E-state index contributed by atoms with van der Waals surface area (Å²) in [4.78, 5) is 21.2. The summed E-state index contributed by atoms with van der Waals surface area (Å²) in [5.74, 6) is 1.93. The molecule has 0 saturated carbocycles. The maximum Gasteiger partial charge on any atom is 0.246 e. The third-order valence-electron chi connectivity index (χ3n) is 5.82. The number of amides is 1. The molecule has 168 valence electrons. The maximum absolute atomic E-state index is 12.6. The second-order valence-corrected chi connectivity index (χ2v) is 7.88. The molecule has 0 radical (unpaired) electrons. The molecule has 9 nitrogen and oxygen atoms in total. The van der Waals surface area contributed by atoms with Gasteiger partial charge in [0.2, 0.25) is 17.6 Å². The average molecular weight is 437 g/mol. The van der Waals surface area contributed by atoms with Crippen molar-refractivity contribution < 1.29 is 14.1 Å². The summed E-state index contributed by atoms with van der Waals surface area (Å²) in [6, 6.07) is 7.54. The van der Waals surface area contributed by atoms with Crippen molar-refractivity contribution in [3.63, 3.8) is 0 Å². The van der Waals surface area contributed by atoms with Gasteiger partial charge >= 0.3 is 0 Å². The topological polar surface area (TPSA) is 89.5 Å². The van der Waals surface area contributed by atoms with Gasteiger partial charge in [0.25, 0.3) is 0 Å². The zero-order valence-electron chi connectivity index (χ0n) is 18.9. The summed E-state index contributed by atoms with van der Waals surface area (Å²) in [7, 11) is 3.54. The summed E-state index contributed by atoms with van der Waals surface area (Å²) in [6.45, 7) is 7.35. The Hall–Kier alpha value is -3.46. The number of carbonyl (C=O) groups excluding carboxylic acids is 1. The lowest BCUT2D eigenvalue weighted by molar-refractivity contribution is -0.127. The second kappa shape index (κ2) is 9.35. The first kappa shape index (κ1) is 21.8. The first-order chi connectivity index (χ1) is 15.4. The fourth-order valence-corrected chi connectivity index (χ4v) is 3.79. The number of aryl methyl sites for hydroxylation is 2. The van der Waals surface area contributed by atoms with Gasteiger partial charge in [-0.25, -0.2) is 0 Å². The van der Waals surface area contributed by atoms with E-state index in [1.54, 1.807) is 13.2 Å². The number of methoxy groups -OCH3 is 1. The van der Waals surface area contributed by atoms with Crippen LogP contribution in [0.2, 0.25) is 0 Å². The average Bonchev–Trinajstić information content (AvgIpc) is 3.36. The molecule has 0 unspecified atom stereocenters. The second-order valence-electron chi connectivity index (χ2n) is 7.88. The highest BCUT2D eigenvalue weighted by Gasteiger charge is 2.22. The SMILES string of the molecule is COc1ccc(-c2noc(CN3CCN(C(=O)/C=C/c4c(C)nn(C)c4C)CC3)n2)cc1. The van der Waals surface area contributed by atoms with Crippen LogP contribution >= 0.6 is 0 Å². The number of benzene rings is 1. The molecular formula is C23H28N6O3. The normalized spacial score (nSPS) is 14.9. The van der Waals surface area contributed by atoms with Gasteiger partial charge in [0, 0.05) is 56.1 Å². The lowest BCUT2D eigenvalue weighted by Gasteiger charge is -2.33. The van der Waals surface area contributed by atoms with Crippen molar-refractivity contribution in [2.75, 3.05) is 33.3 Å². The lowest BCUT2D eigenvalue weighted by atomic mass is 10.2. The lowest BCUT2D eigenvalue weighted by Crippen LogP contribution is -2.47. The van der Waals surface area contributed by atoms with E-state index in [1.807, 2.05) is 60.8 Å². The van der Waals surface area contributed by atoms with Gasteiger partial charge < -0.3 is 14.2 Å². The van der Waals surface area contributed by atoms with Gasteiger partial charge in [0.05, 0.1) is 19.3 Å². The van der Waals surface area contributed by atoms with Crippen LogP contribution in [0.5, 0.6) is 5.75 Å². The Labute approximate surface area is 187 Å². The Balaban J connectivity index is 1.30. The number of ether oxygens (including phenoxy) is 1. The Morgan fingerprint density at radius 1 is 1.16 bits per heavy atom. The van der Waals surface area contributed by atoms with E-state index in [9.17, 15) is 4.79 Å². The predicted molar refractivity (Wildman–Crippen MR) is 120 cm³/mol. The van der Waals surface area contributed by atoms with Crippen molar-refractivity contribution in [3.8, 4) is 17.1 Å². The van der Waals surface area contributed by atoms with Crippen molar-refractivity contribution >= 4 is 12.0 Å². The van der Waals surface area contributed by atoms with Gasteiger partial charge in [-0.05, 0) is 44.2 Å². The maximum atomic E-state index is 12.6. The molecule has 1 aliphatic heterocycles. The van der Waals surface area contributed by atoms with E-state index in [0.717, 1.165) is 41.4 Å². The van der Waals surface area contributed by atoms with E-state index in [0.29, 0.717) is 31.3 Å². The van der Waals surface area contributed by atoms with Gasteiger partial charge in [0.15, 0.2) is 0 Å². The number of hydrogen-bond acceptors (Lipinski definition) is 7. The van der Waals surface area contributed by atoms with Crippen molar-refractivity contribution in [2.24, 2.45) is 7.05 Å². The van der Waals surface area contributed by atoms with Crippen LogP contribution in [0.3, 0.4) is 0 Å². The Bertz CT molecular complexity index is 1110. The third-order valence-corrected chi connectivity index (χ3v) is 5.82. The van der Waals surface area contributed by atoms with Crippen molar-refractivity contribution in [3.05, 3.63) is 53.2 Å². The van der Waals surface area contributed by atoms with Crippen LogP contribution < -0.4 is 4.74 Å². The summed E-state index contributed by atoms with van der Waals surface area (Å²) in [5, 5.41) is 8.47. The molecule has 0 atom stereocenters. The van der Waals surface area contributed by atoms with E-state index in [-0.39, 0.29) is 5.91 Å². The molecule has 0 aliphatic carbocycles. The number of aromatic nitrogens is 4. The smallest absolute Gasteiger partial charge is 0.246 e. The van der Waals surface area contributed by atoms with Crippen LogP contribution in [0, 0.1) is 13.8 Å². The van der Waals surface area contributed by atoms with E-state index in [1.165, 1.54) is 0 Å². The molecule has 2 aromatic heterocycles. The zero-order valence-corrected chi connectivity index (χ0v) is 18.9. The summed E-state index contributed by atoms with van der Waals surface area (Å²) >= 11 is 0. The highest BCUT2D eigenvalue weighted by atomic mass is 16.5. The van der Waals surface area contributed by atoms with Crippen LogP contribution in [0.15, 0.2) is 34.9 Å². The molecular weight excluding hydrogens is 408 g/mol.